The van der Waals surface area contributed by atoms with Crippen molar-refractivity contribution in [3.63, 3.8) is 0 Å². The number of imidazole rings is 1. The highest BCUT2D eigenvalue weighted by atomic mass is 35.5. The van der Waals surface area contributed by atoms with E-state index in [0.29, 0.717) is 22.9 Å². The number of methoxy groups -OCH3 is 1. The van der Waals surface area contributed by atoms with Crippen LogP contribution in [0.3, 0.4) is 0 Å². The van der Waals surface area contributed by atoms with Crippen molar-refractivity contribution in [3.8, 4) is 5.88 Å². The zero-order valence-corrected chi connectivity index (χ0v) is 13.2. The summed E-state index contributed by atoms with van der Waals surface area (Å²) in [6, 6.07) is 0. The van der Waals surface area contributed by atoms with Crippen LogP contribution in [-0.4, -0.2) is 32.5 Å². The molecule has 2 N–H and O–H groups in total. The van der Waals surface area contributed by atoms with Crippen LogP contribution in [0.2, 0.25) is 0 Å². The van der Waals surface area contributed by atoms with Crippen LogP contribution in [0.15, 0.2) is 6.33 Å². The molecule has 1 amide bonds. The molecule has 0 fully saturated rings. The number of primary amides is 1. The van der Waals surface area contributed by atoms with Gasteiger partial charge in [0, 0.05) is 6.42 Å². The SMILES string of the molecule is COc1ncnc2c1nc(C(C)Cl)n2C(C)(C)CC(N)=O. The summed E-state index contributed by atoms with van der Waals surface area (Å²) in [6.45, 7) is 5.58. The number of aromatic nitrogens is 4. The first-order valence-electron chi connectivity index (χ1n) is 6.48. The van der Waals surface area contributed by atoms with Crippen molar-refractivity contribution in [2.24, 2.45) is 5.73 Å². The number of carbonyl (C=O) groups excluding carboxylic acids is 1. The standard InChI is InChI=1S/C13H18ClN5O2/c1-7(14)10-18-9-11(16-6-17-12(9)21-4)19(10)13(2,3)5-8(15)20/h6-7H,5H2,1-4H3,(H2,15,20). The maximum Gasteiger partial charge on any atom is 0.245 e. The van der Waals surface area contributed by atoms with Crippen molar-refractivity contribution in [2.75, 3.05) is 7.11 Å². The molecule has 2 aromatic rings. The van der Waals surface area contributed by atoms with Crippen LogP contribution >= 0.6 is 11.6 Å². The third-order valence-electron chi connectivity index (χ3n) is 3.20. The number of ether oxygens (including phenoxy) is 1. The lowest BCUT2D eigenvalue weighted by Crippen LogP contribution is -2.33. The summed E-state index contributed by atoms with van der Waals surface area (Å²) in [6.07, 6.45) is 1.53. The second kappa shape index (κ2) is 5.48. The molecule has 1 atom stereocenters. The third kappa shape index (κ3) is 2.78. The van der Waals surface area contributed by atoms with E-state index in [9.17, 15) is 4.79 Å². The largest absolute Gasteiger partial charge is 0.479 e. The second-order valence-electron chi connectivity index (χ2n) is 5.43. The Balaban J connectivity index is 2.76. The highest BCUT2D eigenvalue weighted by Gasteiger charge is 2.31. The summed E-state index contributed by atoms with van der Waals surface area (Å²) in [4.78, 5) is 24.1. The Morgan fingerprint density at radius 3 is 2.71 bits per heavy atom. The fourth-order valence-corrected chi connectivity index (χ4v) is 2.55. The van der Waals surface area contributed by atoms with Gasteiger partial charge in [-0.15, -0.1) is 11.6 Å². The first-order valence-corrected chi connectivity index (χ1v) is 6.91. The second-order valence-corrected chi connectivity index (χ2v) is 6.09. The van der Waals surface area contributed by atoms with Crippen molar-refractivity contribution < 1.29 is 9.53 Å². The quantitative estimate of drug-likeness (QED) is 0.848. The number of rotatable bonds is 5. The van der Waals surface area contributed by atoms with Crippen LogP contribution in [0.25, 0.3) is 11.2 Å². The van der Waals surface area contributed by atoms with E-state index >= 15 is 0 Å². The molecule has 0 saturated carbocycles. The number of nitrogens with two attached hydrogens (primary N) is 1. The van der Waals surface area contributed by atoms with E-state index in [2.05, 4.69) is 15.0 Å². The Hall–Kier alpha value is -1.89. The minimum absolute atomic E-state index is 0.140. The van der Waals surface area contributed by atoms with Gasteiger partial charge in [-0.3, -0.25) is 4.79 Å². The predicted octanol–water partition coefficient (Wildman–Crippen LogP) is 1.75. The van der Waals surface area contributed by atoms with Crippen molar-refractivity contribution in [1.29, 1.82) is 0 Å². The molecule has 21 heavy (non-hydrogen) atoms. The Bertz CT molecular complexity index is 680. The van der Waals surface area contributed by atoms with Gasteiger partial charge in [-0.25, -0.2) is 9.97 Å². The molecule has 114 valence electrons. The van der Waals surface area contributed by atoms with E-state index in [4.69, 9.17) is 22.1 Å². The van der Waals surface area contributed by atoms with E-state index < -0.39 is 11.4 Å². The molecule has 0 aliphatic carbocycles. The monoisotopic (exact) mass is 311 g/mol. The molecule has 0 aliphatic heterocycles. The van der Waals surface area contributed by atoms with E-state index in [1.165, 1.54) is 13.4 Å². The van der Waals surface area contributed by atoms with Gasteiger partial charge >= 0.3 is 0 Å². The summed E-state index contributed by atoms with van der Waals surface area (Å²) in [5, 5.41) is -0.365. The first-order chi connectivity index (χ1) is 9.77. The van der Waals surface area contributed by atoms with Gasteiger partial charge in [0.05, 0.1) is 18.0 Å². The van der Waals surface area contributed by atoms with Crippen LogP contribution in [-0.2, 0) is 10.3 Å². The molecule has 0 aliphatic rings. The Morgan fingerprint density at radius 2 is 2.19 bits per heavy atom. The van der Waals surface area contributed by atoms with Crippen LogP contribution in [0.5, 0.6) is 5.88 Å². The molecule has 1 unspecified atom stereocenters. The number of fused-ring (bicyclic) bond motifs is 1. The maximum atomic E-state index is 11.3. The summed E-state index contributed by atoms with van der Waals surface area (Å²) in [5.41, 5.74) is 5.81. The number of hydrogen-bond donors (Lipinski definition) is 1. The zero-order chi connectivity index (χ0) is 15.8. The van der Waals surface area contributed by atoms with Gasteiger partial charge in [-0.2, -0.15) is 4.98 Å². The number of amides is 1. The molecule has 0 bridgehead atoms. The molecule has 0 radical (unpaired) electrons. The van der Waals surface area contributed by atoms with Crippen LogP contribution in [0.1, 0.15) is 38.4 Å². The number of alkyl halides is 1. The van der Waals surface area contributed by atoms with Crippen LogP contribution in [0.4, 0.5) is 0 Å². The normalized spacial score (nSPS) is 13.4. The van der Waals surface area contributed by atoms with Gasteiger partial charge in [0.15, 0.2) is 11.2 Å². The first kappa shape index (κ1) is 15.5. The van der Waals surface area contributed by atoms with Crippen molar-refractivity contribution in [1.82, 2.24) is 19.5 Å². The van der Waals surface area contributed by atoms with Gasteiger partial charge in [0.25, 0.3) is 0 Å². The minimum atomic E-state index is -0.613. The Kier molecular flexibility index (Phi) is 4.04. The Labute approximate surface area is 127 Å². The molecule has 2 aromatic heterocycles. The molecular formula is C13H18ClN5O2. The predicted molar refractivity (Wildman–Crippen MR) is 79.3 cm³/mol. The molecule has 0 aromatic carbocycles. The topological polar surface area (TPSA) is 95.9 Å². The molecule has 0 spiro atoms. The summed E-state index contributed by atoms with van der Waals surface area (Å²) in [5.74, 6) is 0.556. The Morgan fingerprint density at radius 1 is 1.52 bits per heavy atom. The average Bonchev–Trinajstić information content (AvgIpc) is 2.77. The van der Waals surface area contributed by atoms with E-state index in [-0.39, 0.29) is 11.8 Å². The maximum absolute atomic E-state index is 11.3. The smallest absolute Gasteiger partial charge is 0.245 e. The fraction of sp³-hybridized carbons (Fsp3) is 0.538. The summed E-state index contributed by atoms with van der Waals surface area (Å²) in [7, 11) is 1.51. The minimum Gasteiger partial charge on any atom is -0.479 e. The van der Waals surface area contributed by atoms with Gasteiger partial charge < -0.3 is 15.0 Å². The van der Waals surface area contributed by atoms with E-state index in [1.807, 2.05) is 18.4 Å². The third-order valence-corrected chi connectivity index (χ3v) is 3.39. The number of halogens is 1. The van der Waals surface area contributed by atoms with Gasteiger partial charge in [-0.1, -0.05) is 0 Å². The summed E-state index contributed by atoms with van der Waals surface area (Å²) >= 11 is 6.23. The zero-order valence-electron chi connectivity index (χ0n) is 12.4. The lowest BCUT2D eigenvalue weighted by molar-refractivity contribution is -0.119. The fourth-order valence-electron chi connectivity index (χ4n) is 2.41. The molecule has 0 saturated heterocycles. The average molecular weight is 312 g/mol. The summed E-state index contributed by atoms with van der Waals surface area (Å²) < 4.78 is 7.04. The van der Waals surface area contributed by atoms with E-state index in [1.54, 1.807) is 6.92 Å². The lowest BCUT2D eigenvalue weighted by atomic mass is 9.99. The highest BCUT2D eigenvalue weighted by molar-refractivity contribution is 6.20. The van der Waals surface area contributed by atoms with Gasteiger partial charge in [0.1, 0.15) is 12.2 Å². The molecule has 7 nitrogen and oxygen atoms in total. The van der Waals surface area contributed by atoms with Gasteiger partial charge in [0.2, 0.25) is 11.8 Å². The van der Waals surface area contributed by atoms with E-state index in [0.717, 1.165) is 0 Å². The number of nitrogens with zero attached hydrogens (tertiary/aromatic N) is 4. The van der Waals surface area contributed by atoms with Gasteiger partial charge in [-0.05, 0) is 20.8 Å². The highest BCUT2D eigenvalue weighted by Crippen LogP contribution is 2.33. The molecule has 8 heteroatoms. The lowest BCUT2D eigenvalue weighted by Gasteiger charge is -2.28. The molecular weight excluding hydrogens is 294 g/mol. The van der Waals surface area contributed by atoms with Crippen molar-refractivity contribution >= 4 is 28.7 Å². The number of carbonyl (C=O) groups is 1. The van der Waals surface area contributed by atoms with Crippen LogP contribution in [0, 0.1) is 0 Å². The number of hydrogen-bond acceptors (Lipinski definition) is 5. The van der Waals surface area contributed by atoms with Crippen molar-refractivity contribution in [2.45, 2.75) is 38.1 Å². The molecule has 2 heterocycles. The van der Waals surface area contributed by atoms with Crippen LogP contribution < -0.4 is 10.5 Å². The van der Waals surface area contributed by atoms with Crippen molar-refractivity contribution in [3.05, 3.63) is 12.2 Å². The molecule has 2 rings (SSSR count).